The van der Waals surface area contributed by atoms with Gasteiger partial charge in [0.25, 0.3) is 0 Å². The SMILES string of the molecule is NC(=O)[C@H]1CC[C@H](NC(=O)O)CC1. The van der Waals surface area contributed by atoms with E-state index in [1.165, 1.54) is 0 Å². The minimum Gasteiger partial charge on any atom is -0.465 e. The molecular formula is C8H14N2O3. The van der Waals surface area contributed by atoms with Crippen molar-refractivity contribution in [3.63, 3.8) is 0 Å². The summed E-state index contributed by atoms with van der Waals surface area (Å²) in [5.41, 5.74) is 5.14. The van der Waals surface area contributed by atoms with Crippen LogP contribution in [0.25, 0.3) is 0 Å². The number of carboxylic acid groups (broad SMARTS) is 1. The first-order chi connectivity index (χ1) is 6.09. The van der Waals surface area contributed by atoms with Crippen LogP contribution in [-0.2, 0) is 4.79 Å². The Morgan fingerprint density at radius 1 is 1.23 bits per heavy atom. The van der Waals surface area contributed by atoms with Gasteiger partial charge in [0.2, 0.25) is 5.91 Å². The van der Waals surface area contributed by atoms with Gasteiger partial charge in [0.05, 0.1) is 0 Å². The largest absolute Gasteiger partial charge is 0.465 e. The first-order valence-electron chi connectivity index (χ1n) is 4.38. The summed E-state index contributed by atoms with van der Waals surface area (Å²) in [6, 6.07) is -0.00639. The van der Waals surface area contributed by atoms with Crippen LogP contribution in [0.4, 0.5) is 4.79 Å². The van der Waals surface area contributed by atoms with Crippen molar-refractivity contribution in [1.82, 2.24) is 5.32 Å². The first kappa shape index (κ1) is 9.83. The first-order valence-corrected chi connectivity index (χ1v) is 4.38. The summed E-state index contributed by atoms with van der Waals surface area (Å²) in [5, 5.41) is 10.8. The number of nitrogens with two attached hydrogens (primary N) is 1. The van der Waals surface area contributed by atoms with Crippen LogP contribution in [0, 0.1) is 5.92 Å². The Morgan fingerprint density at radius 3 is 2.15 bits per heavy atom. The molecule has 1 fully saturated rings. The zero-order valence-electron chi connectivity index (χ0n) is 7.32. The van der Waals surface area contributed by atoms with Gasteiger partial charge in [-0.1, -0.05) is 0 Å². The van der Waals surface area contributed by atoms with Crippen molar-refractivity contribution in [2.45, 2.75) is 31.7 Å². The fraction of sp³-hybridized carbons (Fsp3) is 0.750. The van der Waals surface area contributed by atoms with Crippen LogP contribution in [-0.4, -0.2) is 23.1 Å². The second kappa shape index (κ2) is 4.11. The molecular weight excluding hydrogens is 172 g/mol. The van der Waals surface area contributed by atoms with Gasteiger partial charge in [-0.3, -0.25) is 4.79 Å². The van der Waals surface area contributed by atoms with Crippen LogP contribution < -0.4 is 11.1 Å². The van der Waals surface area contributed by atoms with Crippen molar-refractivity contribution >= 4 is 12.0 Å². The summed E-state index contributed by atoms with van der Waals surface area (Å²) in [4.78, 5) is 21.0. The molecule has 1 saturated carbocycles. The third-order valence-electron chi connectivity index (χ3n) is 2.46. The Labute approximate surface area is 76.3 Å². The summed E-state index contributed by atoms with van der Waals surface area (Å²) in [6.07, 6.45) is 1.81. The van der Waals surface area contributed by atoms with Crippen molar-refractivity contribution in [2.24, 2.45) is 11.7 Å². The Morgan fingerprint density at radius 2 is 1.77 bits per heavy atom. The molecule has 5 nitrogen and oxygen atoms in total. The number of primary amides is 1. The fourth-order valence-electron chi connectivity index (χ4n) is 1.70. The highest BCUT2D eigenvalue weighted by Crippen LogP contribution is 2.23. The molecule has 5 heteroatoms. The summed E-state index contributed by atoms with van der Waals surface area (Å²) < 4.78 is 0. The van der Waals surface area contributed by atoms with Crippen LogP contribution in [0.3, 0.4) is 0 Å². The molecule has 0 unspecified atom stereocenters. The summed E-state index contributed by atoms with van der Waals surface area (Å²) in [6.45, 7) is 0. The van der Waals surface area contributed by atoms with Crippen molar-refractivity contribution in [1.29, 1.82) is 0 Å². The molecule has 4 N–H and O–H groups in total. The zero-order chi connectivity index (χ0) is 9.84. The lowest BCUT2D eigenvalue weighted by atomic mass is 9.86. The molecule has 0 atom stereocenters. The van der Waals surface area contributed by atoms with E-state index in [0.717, 1.165) is 0 Å². The number of hydrogen-bond donors (Lipinski definition) is 3. The molecule has 0 spiro atoms. The minimum absolute atomic E-state index is 0.00639. The number of carbonyl (C=O) groups excluding carboxylic acids is 1. The Bertz CT molecular complexity index is 209. The standard InChI is InChI=1S/C8H14N2O3/c9-7(11)5-1-3-6(4-2-5)10-8(12)13/h5-6,10H,1-4H2,(H2,9,11)(H,12,13)/t5-,6-. The maximum absolute atomic E-state index is 10.8. The molecule has 0 bridgehead atoms. The summed E-state index contributed by atoms with van der Waals surface area (Å²) in [5.74, 6) is -0.333. The Hall–Kier alpha value is -1.26. The molecule has 0 aromatic heterocycles. The topological polar surface area (TPSA) is 92.4 Å². The van der Waals surface area contributed by atoms with Crippen LogP contribution in [0.2, 0.25) is 0 Å². The van der Waals surface area contributed by atoms with E-state index in [-0.39, 0.29) is 17.9 Å². The van der Waals surface area contributed by atoms with Crippen molar-refractivity contribution in [3.05, 3.63) is 0 Å². The van der Waals surface area contributed by atoms with Gasteiger partial charge in [-0.2, -0.15) is 0 Å². The fourth-order valence-corrected chi connectivity index (χ4v) is 1.70. The average Bonchev–Trinajstić information content (AvgIpc) is 2.04. The molecule has 1 aliphatic rings. The van der Waals surface area contributed by atoms with E-state index < -0.39 is 6.09 Å². The third kappa shape index (κ3) is 2.93. The van der Waals surface area contributed by atoms with E-state index in [1.54, 1.807) is 0 Å². The molecule has 1 rings (SSSR count). The van der Waals surface area contributed by atoms with Crippen LogP contribution in [0.15, 0.2) is 0 Å². The van der Waals surface area contributed by atoms with Gasteiger partial charge in [0.15, 0.2) is 0 Å². The van der Waals surface area contributed by atoms with Gasteiger partial charge in [-0.15, -0.1) is 0 Å². The molecule has 13 heavy (non-hydrogen) atoms. The monoisotopic (exact) mass is 186 g/mol. The zero-order valence-corrected chi connectivity index (χ0v) is 7.32. The third-order valence-corrected chi connectivity index (χ3v) is 2.46. The normalized spacial score (nSPS) is 28.0. The second-order valence-corrected chi connectivity index (χ2v) is 3.40. The average molecular weight is 186 g/mol. The Balaban J connectivity index is 2.30. The smallest absolute Gasteiger partial charge is 0.404 e. The highest BCUT2D eigenvalue weighted by atomic mass is 16.4. The number of amides is 2. The van der Waals surface area contributed by atoms with E-state index in [4.69, 9.17) is 10.8 Å². The lowest BCUT2D eigenvalue weighted by Gasteiger charge is -2.26. The maximum Gasteiger partial charge on any atom is 0.404 e. The molecule has 1 aliphatic carbocycles. The van der Waals surface area contributed by atoms with Crippen molar-refractivity contribution < 1.29 is 14.7 Å². The predicted molar refractivity (Wildman–Crippen MR) is 46.1 cm³/mol. The molecule has 74 valence electrons. The van der Waals surface area contributed by atoms with E-state index >= 15 is 0 Å². The molecule has 0 saturated heterocycles. The highest BCUT2D eigenvalue weighted by Gasteiger charge is 2.25. The van der Waals surface area contributed by atoms with Crippen molar-refractivity contribution in [3.8, 4) is 0 Å². The Kier molecular flexibility index (Phi) is 3.11. The second-order valence-electron chi connectivity index (χ2n) is 3.40. The van der Waals surface area contributed by atoms with Gasteiger partial charge in [0, 0.05) is 12.0 Å². The van der Waals surface area contributed by atoms with E-state index in [0.29, 0.717) is 25.7 Å². The lowest BCUT2D eigenvalue weighted by molar-refractivity contribution is -0.122. The quantitative estimate of drug-likeness (QED) is 0.579. The number of carbonyl (C=O) groups is 2. The van der Waals surface area contributed by atoms with Gasteiger partial charge >= 0.3 is 6.09 Å². The lowest BCUT2D eigenvalue weighted by Crippen LogP contribution is -2.39. The number of hydrogen-bond acceptors (Lipinski definition) is 2. The van der Waals surface area contributed by atoms with Crippen molar-refractivity contribution in [2.75, 3.05) is 0 Å². The van der Waals surface area contributed by atoms with E-state index in [9.17, 15) is 9.59 Å². The van der Waals surface area contributed by atoms with Crippen LogP contribution >= 0.6 is 0 Å². The van der Waals surface area contributed by atoms with E-state index in [2.05, 4.69) is 5.32 Å². The molecule has 0 aliphatic heterocycles. The molecule has 2 amide bonds. The molecule has 0 heterocycles. The number of rotatable bonds is 2. The molecule has 0 radical (unpaired) electrons. The number of nitrogens with one attached hydrogen (secondary N) is 1. The maximum atomic E-state index is 10.8. The highest BCUT2D eigenvalue weighted by molar-refractivity contribution is 5.76. The minimum atomic E-state index is -0.998. The van der Waals surface area contributed by atoms with Gasteiger partial charge in [0.1, 0.15) is 0 Å². The molecule has 0 aromatic carbocycles. The van der Waals surface area contributed by atoms with Crippen LogP contribution in [0.1, 0.15) is 25.7 Å². The van der Waals surface area contributed by atoms with Gasteiger partial charge < -0.3 is 16.2 Å². The predicted octanol–water partition coefficient (Wildman–Crippen LogP) is 0.298. The summed E-state index contributed by atoms with van der Waals surface area (Å²) in [7, 11) is 0. The van der Waals surface area contributed by atoms with Gasteiger partial charge in [-0.05, 0) is 25.7 Å². The van der Waals surface area contributed by atoms with Gasteiger partial charge in [-0.25, -0.2) is 4.79 Å². The van der Waals surface area contributed by atoms with E-state index in [1.807, 2.05) is 0 Å². The summed E-state index contributed by atoms with van der Waals surface area (Å²) >= 11 is 0. The molecule has 0 aromatic rings. The van der Waals surface area contributed by atoms with Crippen LogP contribution in [0.5, 0.6) is 0 Å².